The van der Waals surface area contributed by atoms with Crippen LogP contribution in [0.3, 0.4) is 0 Å². The molecule has 2 N–H and O–H groups in total. The molecule has 0 aliphatic heterocycles. The highest BCUT2D eigenvalue weighted by atomic mass is 16.4. The second-order valence-corrected chi connectivity index (χ2v) is 0.659. The van der Waals surface area contributed by atoms with E-state index < -0.39 is 0 Å². The van der Waals surface area contributed by atoms with Gasteiger partial charge in [0.05, 0.1) is 0 Å². The van der Waals surface area contributed by atoms with E-state index in [0.717, 1.165) is 6.61 Å². The minimum atomic E-state index is 0.344. The van der Waals surface area contributed by atoms with Gasteiger partial charge in [0.2, 0.25) is 0 Å². The fraction of sp³-hybridized carbons (Fsp3) is 1.00. The van der Waals surface area contributed by atoms with Crippen LogP contribution in [0.5, 0.6) is 0 Å². The molecule has 3 heteroatoms. The summed E-state index contributed by atoms with van der Waals surface area (Å²) in [5.41, 5.74) is 4.92. The topological polar surface area (TPSA) is 35.2 Å². The summed E-state index contributed by atoms with van der Waals surface area (Å²) in [7, 11) is 0.344. The monoisotopic (exact) mass is 73.1 g/mol. The summed E-state index contributed by atoms with van der Waals surface area (Å²) in [5.74, 6) is 0. The average Bonchev–Trinajstić information content (AvgIpc) is 1.41. The Labute approximate surface area is 32.6 Å². The Morgan fingerprint density at radius 2 is 2.60 bits per heavy atom. The molecular weight excluding hydrogens is 64.8 g/mol. The van der Waals surface area contributed by atoms with E-state index in [0.29, 0.717) is 7.62 Å². The van der Waals surface area contributed by atoms with Crippen LogP contribution in [0.2, 0.25) is 0 Å². The fourth-order valence-corrected chi connectivity index (χ4v) is 0.118. The summed E-state index contributed by atoms with van der Waals surface area (Å²) in [4.78, 5) is 0. The molecule has 0 bridgehead atoms. The molecule has 0 aromatic carbocycles. The first kappa shape index (κ1) is 4.98. The summed E-state index contributed by atoms with van der Waals surface area (Å²) in [6.45, 7) is 2.63. The van der Waals surface area contributed by atoms with Crippen LogP contribution in [-0.4, -0.2) is 14.2 Å². The van der Waals surface area contributed by atoms with Crippen LogP contribution in [0.25, 0.3) is 0 Å². The van der Waals surface area contributed by atoms with Gasteiger partial charge in [0.1, 0.15) is 0 Å². The van der Waals surface area contributed by atoms with Crippen molar-refractivity contribution < 1.29 is 4.65 Å². The first-order chi connectivity index (χ1) is 2.41. The molecular formula is C2H8BNO. The van der Waals surface area contributed by atoms with Crippen LogP contribution in [-0.2, 0) is 4.65 Å². The largest absolute Gasteiger partial charge is 0.425 e. The number of hydrogen-bond acceptors (Lipinski definition) is 2. The Hall–Kier alpha value is -0.0151. The Bertz CT molecular complexity index is 17.1. The van der Waals surface area contributed by atoms with E-state index in [4.69, 9.17) is 5.64 Å². The van der Waals surface area contributed by atoms with Crippen LogP contribution < -0.4 is 5.64 Å². The lowest BCUT2D eigenvalue weighted by atomic mass is 10.3. The molecule has 2 nitrogen and oxygen atoms in total. The van der Waals surface area contributed by atoms with Gasteiger partial charge in [0.15, 0.2) is 0 Å². The molecule has 0 amide bonds. The fourth-order valence-electron chi connectivity index (χ4n) is 0.118. The first-order valence-electron chi connectivity index (χ1n) is 1.69. The highest BCUT2D eigenvalue weighted by molar-refractivity contribution is 6.21. The molecule has 0 saturated carbocycles. The van der Waals surface area contributed by atoms with Gasteiger partial charge in [-0.1, -0.05) is 0 Å². The molecule has 0 saturated heterocycles. The predicted molar refractivity (Wildman–Crippen MR) is 23.0 cm³/mol. The Morgan fingerprint density at radius 1 is 2.00 bits per heavy atom. The predicted octanol–water partition coefficient (Wildman–Crippen LogP) is -0.752. The average molecular weight is 72.9 g/mol. The van der Waals surface area contributed by atoms with Crippen molar-refractivity contribution in [1.29, 1.82) is 0 Å². The standard InChI is InChI=1S/C2H8BNO/c1-2-5-3-4/h3H,2,4H2,1H3. The van der Waals surface area contributed by atoms with Gasteiger partial charge in [-0.15, -0.1) is 0 Å². The molecule has 0 aromatic rings. The third-order valence-electron chi connectivity index (χ3n) is 0.322. The molecule has 0 unspecified atom stereocenters. The molecule has 0 atom stereocenters. The van der Waals surface area contributed by atoms with Crippen LogP contribution in [0.15, 0.2) is 0 Å². The van der Waals surface area contributed by atoms with Crippen LogP contribution >= 0.6 is 0 Å². The van der Waals surface area contributed by atoms with Gasteiger partial charge in [-0.3, -0.25) is 0 Å². The molecule has 0 aliphatic rings. The second kappa shape index (κ2) is 3.98. The molecule has 30 valence electrons. The Balaban J connectivity index is 2.19. The van der Waals surface area contributed by atoms with Gasteiger partial charge in [0.25, 0.3) is 0 Å². The van der Waals surface area contributed by atoms with Crippen molar-refractivity contribution >= 4 is 7.62 Å². The Kier molecular flexibility index (Phi) is 3.97. The zero-order valence-electron chi connectivity index (χ0n) is 3.40. The molecule has 0 spiro atoms. The summed E-state index contributed by atoms with van der Waals surface area (Å²) in [6.07, 6.45) is 0. The van der Waals surface area contributed by atoms with Gasteiger partial charge in [-0.2, -0.15) is 0 Å². The van der Waals surface area contributed by atoms with Crippen molar-refractivity contribution in [3.63, 3.8) is 0 Å². The first-order valence-corrected chi connectivity index (χ1v) is 1.69. The van der Waals surface area contributed by atoms with Crippen molar-refractivity contribution in [2.75, 3.05) is 6.61 Å². The third-order valence-corrected chi connectivity index (χ3v) is 0.322. The summed E-state index contributed by atoms with van der Waals surface area (Å²) >= 11 is 0. The van der Waals surface area contributed by atoms with Crippen LogP contribution in [0.4, 0.5) is 0 Å². The SMILES string of the molecule is CCOBN. The van der Waals surface area contributed by atoms with Crippen molar-refractivity contribution in [3.05, 3.63) is 0 Å². The lowest BCUT2D eigenvalue weighted by molar-refractivity contribution is 0.361. The van der Waals surface area contributed by atoms with Crippen molar-refractivity contribution in [2.24, 2.45) is 5.64 Å². The molecule has 0 aliphatic carbocycles. The molecule has 0 rings (SSSR count). The van der Waals surface area contributed by atoms with Gasteiger partial charge in [-0.05, 0) is 6.92 Å². The lowest BCUT2D eigenvalue weighted by Gasteiger charge is -1.84. The van der Waals surface area contributed by atoms with E-state index in [9.17, 15) is 0 Å². The van der Waals surface area contributed by atoms with E-state index in [2.05, 4.69) is 4.65 Å². The summed E-state index contributed by atoms with van der Waals surface area (Å²) in [5, 5.41) is 0. The Morgan fingerprint density at radius 3 is 2.60 bits per heavy atom. The lowest BCUT2D eigenvalue weighted by Crippen LogP contribution is -2.08. The summed E-state index contributed by atoms with van der Waals surface area (Å²) in [6, 6.07) is 0. The third kappa shape index (κ3) is 3.98. The van der Waals surface area contributed by atoms with Gasteiger partial charge < -0.3 is 10.3 Å². The van der Waals surface area contributed by atoms with E-state index in [-0.39, 0.29) is 0 Å². The smallest absolute Gasteiger partial charge is 0.357 e. The molecule has 0 aromatic heterocycles. The highest BCUT2D eigenvalue weighted by Gasteiger charge is 1.69. The summed E-state index contributed by atoms with van der Waals surface area (Å²) < 4.78 is 4.61. The van der Waals surface area contributed by atoms with E-state index in [1.165, 1.54) is 0 Å². The maximum Gasteiger partial charge on any atom is 0.357 e. The number of rotatable bonds is 2. The van der Waals surface area contributed by atoms with Gasteiger partial charge in [-0.25, -0.2) is 0 Å². The molecule has 0 heterocycles. The van der Waals surface area contributed by atoms with E-state index in [1.807, 2.05) is 6.92 Å². The minimum absolute atomic E-state index is 0.344. The highest BCUT2D eigenvalue weighted by Crippen LogP contribution is 1.55. The minimum Gasteiger partial charge on any atom is -0.425 e. The van der Waals surface area contributed by atoms with Crippen molar-refractivity contribution in [1.82, 2.24) is 0 Å². The van der Waals surface area contributed by atoms with Gasteiger partial charge in [0, 0.05) is 6.61 Å². The maximum atomic E-state index is 4.92. The normalized spacial score (nSPS) is 7.60. The van der Waals surface area contributed by atoms with Crippen LogP contribution in [0, 0.1) is 0 Å². The molecule has 0 fully saturated rings. The second-order valence-electron chi connectivity index (χ2n) is 0.659. The molecule has 5 heavy (non-hydrogen) atoms. The number of hydrogen-bond donors (Lipinski definition) is 1. The maximum absolute atomic E-state index is 4.92. The number of nitrogens with two attached hydrogens (primary N) is 1. The quantitative estimate of drug-likeness (QED) is 0.436. The zero-order valence-corrected chi connectivity index (χ0v) is 3.40. The zero-order chi connectivity index (χ0) is 4.12. The molecule has 0 radical (unpaired) electrons. The van der Waals surface area contributed by atoms with Crippen molar-refractivity contribution in [2.45, 2.75) is 6.92 Å². The van der Waals surface area contributed by atoms with Gasteiger partial charge >= 0.3 is 7.62 Å². The van der Waals surface area contributed by atoms with E-state index >= 15 is 0 Å². The van der Waals surface area contributed by atoms with Crippen molar-refractivity contribution in [3.8, 4) is 0 Å². The van der Waals surface area contributed by atoms with Crippen LogP contribution in [0.1, 0.15) is 6.92 Å². The van der Waals surface area contributed by atoms with E-state index in [1.54, 1.807) is 0 Å².